The number of aryl methyl sites for hydroxylation is 1. The van der Waals surface area contributed by atoms with Crippen molar-refractivity contribution in [2.45, 2.75) is 20.0 Å². The number of nitrogens with zero attached hydrogens (tertiary/aromatic N) is 4. The summed E-state index contributed by atoms with van der Waals surface area (Å²) >= 11 is 5.82. The fraction of sp³-hybridized carbons (Fsp3) is 0.167. The van der Waals surface area contributed by atoms with Gasteiger partial charge in [0.15, 0.2) is 11.6 Å². The lowest BCUT2D eigenvalue weighted by atomic mass is 10.2. The zero-order valence-electron chi connectivity index (χ0n) is 13.9. The Hall–Kier alpha value is -2.93. The normalized spacial score (nSPS) is 11.3. The van der Waals surface area contributed by atoms with E-state index in [9.17, 15) is 9.18 Å². The highest BCUT2D eigenvalue weighted by molar-refractivity contribution is 6.31. The van der Waals surface area contributed by atoms with Gasteiger partial charge in [-0.1, -0.05) is 29.8 Å². The Labute approximate surface area is 152 Å². The van der Waals surface area contributed by atoms with Crippen molar-refractivity contribution in [3.05, 3.63) is 69.5 Å². The average molecular weight is 372 g/mol. The van der Waals surface area contributed by atoms with Gasteiger partial charge in [-0.2, -0.15) is 0 Å². The van der Waals surface area contributed by atoms with E-state index < -0.39 is 5.82 Å². The maximum Gasteiger partial charge on any atom is 0.262 e. The monoisotopic (exact) mass is 371 g/mol. The molecule has 132 valence electrons. The Morgan fingerprint density at radius 1 is 1.15 bits per heavy atom. The molecule has 0 aliphatic rings. The fourth-order valence-electron chi connectivity index (χ4n) is 3.03. The lowest BCUT2D eigenvalue weighted by molar-refractivity contribution is 0.630. The quantitative estimate of drug-likeness (QED) is 0.596. The number of anilines is 1. The van der Waals surface area contributed by atoms with E-state index in [1.807, 2.05) is 29.5 Å². The van der Waals surface area contributed by atoms with Gasteiger partial charge >= 0.3 is 0 Å². The van der Waals surface area contributed by atoms with Crippen LogP contribution in [0.4, 0.5) is 10.1 Å². The van der Waals surface area contributed by atoms with Crippen LogP contribution in [0, 0.1) is 5.82 Å². The smallest absolute Gasteiger partial charge is 0.262 e. The zero-order chi connectivity index (χ0) is 18.3. The summed E-state index contributed by atoms with van der Waals surface area (Å²) in [6.45, 7) is 2.58. The minimum absolute atomic E-state index is 0.0476. The highest BCUT2D eigenvalue weighted by Crippen LogP contribution is 2.23. The third-order valence-electron chi connectivity index (χ3n) is 4.28. The summed E-state index contributed by atoms with van der Waals surface area (Å²) in [5.74, 6) is 0.510. The second-order valence-electron chi connectivity index (χ2n) is 5.77. The van der Waals surface area contributed by atoms with Crippen LogP contribution in [-0.4, -0.2) is 19.2 Å². The van der Waals surface area contributed by atoms with Gasteiger partial charge in [0, 0.05) is 6.54 Å². The van der Waals surface area contributed by atoms with E-state index in [4.69, 9.17) is 11.6 Å². The molecule has 4 rings (SSSR count). The van der Waals surface area contributed by atoms with Gasteiger partial charge in [0.25, 0.3) is 5.56 Å². The molecule has 1 N–H and O–H groups in total. The topological polar surface area (TPSA) is 64.2 Å². The second kappa shape index (κ2) is 6.42. The van der Waals surface area contributed by atoms with Crippen LogP contribution in [0.2, 0.25) is 5.02 Å². The Morgan fingerprint density at radius 3 is 2.77 bits per heavy atom. The summed E-state index contributed by atoms with van der Waals surface area (Å²) in [6.07, 6.45) is 0. The fourth-order valence-corrected chi connectivity index (χ4v) is 3.20. The van der Waals surface area contributed by atoms with Gasteiger partial charge in [-0.05, 0) is 31.2 Å². The van der Waals surface area contributed by atoms with Gasteiger partial charge < -0.3 is 5.32 Å². The van der Waals surface area contributed by atoms with Crippen LogP contribution in [0.1, 0.15) is 12.7 Å². The molecule has 0 aliphatic heterocycles. The Bertz CT molecular complexity index is 1180. The predicted molar refractivity (Wildman–Crippen MR) is 99.2 cm³/mol. The third-order valence-corrected chi connectivity index (χ3v) is 4.57. The summed E-state index contributed by atoms with van der Waals surface area (Å²) in [5, 5.41) is 12.0. The first-order chi connectivity index (χ1) is 12.6. The Kier molecular flexibility index (Phi) is 4.08. The zero-order valence-corrected chi connectivity index (χ0v) is 14.7. The van der Waals surface area contributed by atoms with Gasteiger partial charge in [0.1, 0.15) is 0 Å². The summed E-state index contributed by atoms with van der Waals surface area (Å²) in [5.41, 5.74) is 0.885. The highest BCUT2D eigenvalue weighted by Gasteiger charge is 2.16. The van der Waals surface area contributed by atoms with E-state index in [0.29, 0.717) is 29.0 Å². The number of fused-ring (bicyclic) bond motifs is 3. The maximum atomic E-state index is 14.1. The van der Waals surface area contributed by atoms with Crippen molar-refractivity contribution in [2.24, 2.45) is 0 Å². The second-order valence-corrected chi connectivity index (χ2v) is 6.18. The van der Waals surface area contributed by atoms with Crippen LogP contribution in [0.3, 0.4) is 0 Å². The number of hydrogen-bond donors (Lipinski definition) is 1. The molecule has 0 fully saturated rings. The number of halogens is 2. The molecule has 0 saturated heterocycles. The molecule has 0 saturated carbocycles. The minimum atomic E-state index is -0.515. The number of aromatic nitrogens is 4. The molecule has 0 spiro atoms. The summed E-state index contributed by atoms with van der Waals surface area (Å²) in [4.78, 5) is 12.6. The van der Waals surface area contributed by atoms with E-state index in [0.717, 1.165) is 0 Å². The maximum absolute atomic E-state index is 14.1. The standard InChI is InChI=1S/C18H15ClFN5O/c1-2-24-17(26)11-6-3-4-9-14(11)25-15(22-23-18(24)25)10-21-13-8-5-7-12(19)16(13)20/h3-9,21H,2,10H2,1H3. The van der Waals surface area contributed by atoms with Gasteiger partial charge in [-0.15, -0.1) is 10.2 Å². The van der Waals surface area contributed by atoms with Crippen molar-refractivity contribution in [1.82, 2.24) is 19.2 Å². The first kappa shape index (κ1) is 16.5. The first-order valence-corrected chi connectivity index (χ1v) is 8.53. The molecule has 0 radical (unpaired) electrons. The van der Waals surface area contributed by atoms with Gasteiger partial charge in [-0.25, -0.2) is 4.39 Å². The van der Waals surface area contributed by atoms with E-state index in [-0.39, 0.29) is 22.8 Å². The highest BCUT2D eigenvalue weighted by atomic mass is 35.5. The van der Waals surface area contributed by atoms with Crippen LogP contribution in [-0.2, 0) is 13.1 Å². The lowest BCUT2D eigenvalue weighted by Gasteiger charge is -2.11. The number of hydrogen-bond acceptors (Lipinski definition) is 4. The van der Waals surface area contributed by atoms with Crippen molar-refractivity contribution in [3.8, 4) is 0 Å². The molecular formula is C18H15ClFN5O. The average Bonchev–Trinajstić information content (AvgIpc) is 3.07. The van der Waals surface area contributed by atoms with E-state index in [1.165, 1.54) is 6.07 Å². The lowest BCUT2D eigenvalue weighted by Crippen LogP contribution is -2.23. The molecule has 6 nitrogen and oxygen atoms in total. The Morgan fingerprint density at radius 2 is 1.96 bits per heavy atom. The molecule has 8 heteroatoms. The van der Waals surface area contributed by atoms with Gasteiger partial charge in [0.05, 0.1) is 28.2 Å². The SMILES string of the molecule is CCn1c(=O)c2ccccc2n2c(CNc3cccc(Cl)c3F)nnc12. The summed E-state index contributed by atoms with van der Waals surface area (Å²) in [6, 6.07) is 12.0. The van der Waals surface area contributed by atoms with Crippen LogP contribution >= 0.6 is 11.6 Å². The molecule has 2 heterocycles. The van der Waals surface area contributed by atoms with Crippen molar-refractivity contribution >= 4 is 34.0 Å². The molecule has 4 aromatic rings. The molecule has 0 aliphatic carbocycles. The van der Waals surface area contributed by atoms with Crippen LogP contribution in [0.5, 0.6) is 0 Å². The Balaban J connectivity index is 1.85. The summed E-state index contributed by atoms with van der Waals surface area (Å²) in [7, 11) is 0. The van der Waals surface area contributed by atoms with Gasteiger partial charge in [0.2, 0.25) is 5.78 Å². The number of para-hydroxylation sites is 1. The van der Waals surface area contributed by atoms with E-state index in [2.05, 4.69) is 15.5 Å². The van der Waals surface area contributed by atoms with Crippen molar-refractivity contribution < 1.29 is 4.39 Å². The largest absolute Gasteiger partial charge is 0.375 e. The molecule has 0 unspecified atom stereocenters. The van der Waals surface area contributed by atoms with E-state index in [1.54, 1.807) is 22.8 Å². The predicted octanol–water partition coefficient (Wildman–Crippen LogP) is 3.47. The van der Waals surface area contributed by atoms with Crippen LogP contribution < -0.4 is 10.9 Å². The van der Waals surface area contributed by atoms with Crippen LogP contribution in [0.15, 0.2) is 47.3 Å². The molecular weight excluding hydrogens is 357 g/mol. The molecule has 0 amide bonds. The van der Waals surface area contributed by atoms with Crippen molar-refractivity contribution in [2.75, 3.05) is 5.32 Å². The molecule has 2 aromatic heterocycles. The minimum Gasteiger partial charge on any atom is -0.375 e. The molecule has 0 atom stereocenters. The molecule has 0 bridgehead atoms. The first-order valence-electron chi connectivity index (χ1n) is 8.15. The van der Waals surface area contributed by atoms with Gasteiger partial charge in [-0.3, -0.25) is 13.8 Å². The molecule has 26 heavy (non-hydrogen) atoms. The van der Waals surface area contributed by atoms with Crippen molar-refractivity contribution in [1.29, 1.82) is 0 Å². The number of nitrogens with one attached hydrogen (secondary N) is 1. The molecule has 2 aromatic carbocycles. The number of rotatable bonds is 4. The van der Waals surface area contributed by atoms with E-state index >= 15 is 0 Å². The summed E-state index contributed by atoms with van der Waals surface area (Å²) < 4.78 is 17.5. The van der Waals surface area contributed by atoms with Crippen LogP contribution in [0.25, 0.3) is 16.7 Å². The number of benzene rings is 2. The van der Waals surface area contributed by atoms with Crippen molar-refractivity contribution in [3.63, 3.8) is 0 Å². The third kappa shape index (κ3) is 2.52.